The zero-order chi connectivity index (χ0) is 19.6. The highest BCUT2D eigenvalue weighted by Gasteiger charge is 2.20. The number of pyridine rings is 1. The highest BCUT2D eigenvalue weighted by Crippen LogP contribution is 2.42. The van der Waals surface area contributed by atoms with E-state index in [1.54, 1.807) is 12.1 Å². The number of ether oxygens (including phenoxy) is 3. The normalized spacial score (nSPS) is 17.4. The number of anilines is 1. The van der Waals surface area contributed by atoms with Crippen LogP contribution < -0.4 is 14.8 Å². The first kappa shape index (κ1) is 17.8. The number of rotatable bonds is 5. The largest absolute Gasteiger partial charge is 0.507 e. The number of phenols is 1. The number of aromatic nitrogens is 1. The highest BCUT2D eigenvalue weighted by atomic mass is 16.7. The molecule has 0 saturated carbocycles. The van der Waals surface area contributed by atoms with Crippen LogP contribution in [0, 0.1) is 0 Å². The Bertz CT molecular complexity index is 1030. The van der Waals surface area contributed by atoms with Gasteiger partial charge in [0.25, 0.3) is 0 Å². The van der Waals surface area contributed by atoms with E-state index in [1.807, 2.05) is 42.5 Å². The van der Waals surface area contributed by atoms with E-state index in [-0.39, 0.29) is 18.6 Å². The summed E-state index contributed by atoms with van der Waals surface area (Å²) < 4.78 is 16.9. The van der Waals surface area contributed by atoms with Crippen LogP contribution in [0.5, 0.6) is 17.2 Å². The topological polar surface area (TPSA) is 72.8 Å². The van der Waals surface area contributed by atoms with Gasteiger partial charge in [0, 0.05) is 24.3 Å². The average molecular weight is 390 g/mol. The fourth-order valence-electron chi connectivity index (χ4n) is 3.79. The van der Waals surface area contributed by atoms with E-state index in [9.17, 15) is 5.11 Å². The number of phenolic OH excluding ortho intramolecular Hbond substituents is 1. The molecule has 0 amide bonds. The lowest BCUT2D eigenvalue weighted by Crippen LogP contribution is -2.19. The van der Waals surface area contributed by atoms with Gasteiger partial charge in [0.2, 0.25) is 6.79 Å². The minimum absolute atomic E-state index is 0.195. The third-order valence-corrected chi connectivity index (χ3v) is 5.25. The lowest BCUT2D eigenvalue weighted by molar-refractivity contribution is 0.120. The summed E-state index contributed by atoms with van der Waals surface area (Å²) in [6.07, 6.45) is 2.35. The molecule has 1 aromatic heterocycles. The molecule has 2 aromatic carbocycles. The second-order valence-corrected chi connectivity index (χ2v) is 7.20. The number of benzene rings is 2. The molecule has 0 aliphatic carbocycles. The zero-order valence-electron chi connectivity index (χ0n) is 15.9. The number of aromatic hydroxyl groups is 1. The van der Waals surface area contributed by atoms with Gasteiger partial charge in [-0.3, -0.25) is 0 Å². The van der Waals surface area contributed by atoms with Crippen molar-refractivity contribution in [2.75, 3.05) is 25.3 Å². The molecule has 1 unspecified atom stereocenters. The summed E-state index contributed by atoms with van der Waals surface area (Å²) in [4.78, 5) is 4.75. The lowest BCUT2D eigenvalue weighted by Gasteiger charge is -2.15. The van der Waals surface area contributed by atoms with Crippen molar-refractivity contribution in [3.63, 3.8) is 0 Å². The molecular formula is C23H22N2O4. The van der Waals surface area contributed by atoms with Crippen molar-refractivity contribution in [1.29, 1.82) is 0 Å². The van der Waals surface area contributed by atoms with Crippen LogP contribution in [-0.2, 0) is 4.74 Å². The van der Waals surface area contributed by atoms with Crippen LogP contribution in [0.15, 0.2) is 54.6 Å². The van der Waals surface area contributed by atoms with Gasteiger partial charge in [-0.25, -0.2) is 4.98 Å². The van der Waals surface area contributed by atoms with Gasteiger partial charge >= 0.3 is 0 Å². The van der Waals surface area contributed by atoms with Gasteiger partial charge in [-0.1, -0.05) is 24.3 Å². The monoisotopic (exact) mass is 390 g/mol. The summed E-state index contributed by atoms with van der Waals surface area (Å²) in [7, 11) is 0. The van der Waals surface area contributed by atoms with Crippen LogP contribution in [0.3, 0.4) is 0 Å². The smallest absolute Gasteiger partial charge is 0.231 e. The molecule has 1 atom stereocenters. The quantitative estimate of drug-likeness (QED) is 0.671. The van der Waals surface area contributed by atoms with Crippen molar-refractivity contribution in [1.82, 2.24) is 4.98 Å². The summed E-state index contributed by atoms with van der Waals surface area (Å²) in [5.41, 5.74) is 3.24. The molecule has 5 rings (SSSR count). The molecule has 0 radical (unpaired) electrons. The molecule has 29 heavy (non-hydrogen) atoms. The Morgan fingerprint density at radius 2 is 1.93 bits per heavy atom. The van der Waals surface area contributed by atoms with E-state index < -0.39 is 0 Å². The Balaban J connectivity index is 1.56. The Labute approximate surface area is 169 Å². The van der Waals surface area contributed by atoms with E-state index in [0.29, 0.717) is 17.8 Å². The fourth-order valence-corrected chi connectivity index (χ4v) is 3.79. The van der Waals surface area contributed by atoms with Crippen LogP contribution in [0.1, 0.15) is 12.8 Å². The van der Waals surface area contributed by atoms with Gasteiger partial charge < -0.3 is 24.6 Å². The Morgan fingerprint density at radius 1 is 1.03 bits per heavy atom. The molecule has 3 aromatic rings. The van der Waals surface area contributed by atoms with Crippen LogP contribution in [-0.4, -0.2) is 36.1 Å². The van der Waals surface area contributed by atoms with E-state index in [2.05, 4.69) is 5.32 Å². The van der Waals surface area contributed by atoms with E-state index in [1.165, 1.54) is 0 Å². The van der Waals surface area contributed by atoms with Crippen molar-refractivity contribution in [3.8, 4) is 39.6 Å². The number of fused-ring (bicyclic) bond motifs is 1. The third kappa shape index (κ3) is 3.59. The predicted molar refractivity (Wildman–Crippen MR) is 110 cm³/mol. The Morgan fingerprint density at radius 3 is 2.79 bits per heavy atom. The fraction of sp³-hybridized carbons (Fsp3) is 0.261. The highest BCUT2D eigenvalue weighted by molar-refractivity contribution is 5.80. The first-order valence-electron chi connectivity index (χ1n) is 9.83. The van der Waals surface area contributed by atoms with Crippen molar-refractivity contribution < 1.29 is 19.3 Å². The first-order chi connectivity index (χ1) is 14.3. The molecule has 1 fully saturated rings. The van der Waals surface area contributed by atoms with Crippen LogP contribution in [0.25, 0.3) is 22.4 Å². The molecular weight excluding hydrogens is 368 g/mol. The summed E-state index contributed by atoms with van der Waals surface area (Å²) in [6.45, 7) is 1.73. The standard InChI is InChI=1S/C23H22N2O4/c26-20-8-2-1-6-18(20)19-11-15(17-7-3-9-21-23(17)29-14-28-21)12-22(25-19)24-13-16-5-4-10-27-16/h1-3,6-9,11-12,16,26H,4-5,10,13-14H2,(H,24,25). The van der Waals surface area contributed by atoms with Crippen LogP contribution >= 0.6 is 0 Å². The van der Waals surface area contributed by atoms with Crippen molar-refractivity contribution in [2.45, 2.75) is 18.9 Å². The maximum Gasteiger partial charge on any atom is 0.231 e. The van der Waals surface area contributed by atoms with Crippen molar-refractivity contribution in [3.05, 3.63) is 54.6 Å². The minimum Gasteiger partial charge on any atom is -0.507 e. The van der Waals surface area contributed by atoms with E-state index in [0.717, 1.165) is 47.9 Å². The van der Waals surface area contributed by atoms with E-state index >= 15 is 0 Å². The average Bonchev–Trinajstić information content (AvgIpc) is 3.44. The lowest BCUT2D eigenvalue weighted by atomic mass is 10.0. The number of nitrogens with one attached hydrogen (secondary N) is 1. The van der Waals surface area contributed by atoms with Gasteiger partial charge in [-0.15, -0.1) is 0 Å². The van der Waals surface area contributed by atoms with Gasteiger partial charge in [0.1, 0.15) is 11.6 Å². The summed E-state index contributed by atoms with van der Waals surface area (Å²) in [5, 5.41) is 13.8. The maximum absolute atomic E-state index is 10.3. The first-order valence-corrected chi connectivity index (χ1v) is 9.83. The molecule has 6 nitrogen and oxygen atoms in total. The number of para-hydroxylation sites is 2. The zero-order valence-corrected chi connectivity index (χ0v) is 15.9. The Hall–Kier alpha value is -3.25. The molecule has 2 aliphatic rings. The molecule has 0 spiro atoms. The molecule has 2 aliphatic heterocycles. The van der Waals surface area contributed by atoms with Crippen LogP contribution in [0.2, 0.25) is 0 Å². The second kappa shape index (κ2) is 7.64. The van der Waals surface area contributed by atoms with Crippen LogP contribution in [0.4, 0.5) is 5.82 Å². The summed E-state index contributed by atoms with van der Waals surface area (Å²) >= 11 is 0. The molecule has 0 bridgehead atoms. The SMILES string of the molecule is Oc1ccccc1-c1cc(-c2cccc3c2OCO3)cc(NCC2CCCO2)n1. The second-order valence-electron chi connectivity index (χ2n) is 7.20. The number of nitrogens with zero attached hydrogens (tertiary/aromatic N) is 1. The number of hydrogen-bond acceptors (Lipinski definition) is 6. The minimum atomic E-state index is 0.195. The number of hydrogen-bond donors (Lipinski definition) is 2. The Kier molecular flexibility index (Phi) is 4.69. The molecule has 2 N–H and O–H groups in total. The van der Waals surface area contributed by atoms with Gasteiger partial charge in [0.15, 0.2) is 11.5 Å². The van der Waals surface area contributed by atoms with Crippen molar-refractivity contribution >= 4 is 5.82 Å². The van der Waals surface area contributed by atoms with Crippen molar-refractivity contribution in [2.24, 2.45) is 0 Å². The molecule has 6 heteroatoms. The van der Waals surface area contributed by atoms with Gasteiger partial charge in [-0.05, 0) is 48.7 Å². The predicted octanol–water partition coefficient (Wildman–Crippen LogP) is 4.44. The maximum atomic E-state index is 10.3. The van der Waals surface area contributed by atoms with E-state index in [4.69, 9.17) is 19.2 Å². The summed E-state index contributed by atoms with van der Waals surface area (Å²) in [5.74, 6) is 2.39. The van der Waals surface area contributed by atoms with Gasteiger partial charge in [-0.2, -0.15) is 0 Å². The third-order valence-electron chi connectivity index (χ3n) is 5.25. The molecule has 148 valence electrons. The molecule has 1 saturated heterocycles. The van der Waals surface area contributed by atoms with Gasteiger partial charge in [0.05, 0.1) is 11.8 Å². The molecule has 3 heterocycles. The summed E-state index contributed by atoms with van der Waals surface area (Å²) in [6, 6.07) is 17.0.